The van der Waals surface area contributed by atoms with E-state index in [1.165, 1.54) is 0 Å². The van der Waals surface area contributed by atoms with Crippen LogP contribution in [-0.2, 0) is 16.1 Å². The van der Waals surface area contributed by atoms with Gasteiger partial charge in [-0.3, -0.25) is 9.59 Å². The monoisotopic (exact) mass is 371 g/mol. The lowest BCUT2D eigenvalue weighted by atomic mass is 9.85. The average Bonchev–Trinajstić information content (AvgIpc) is 3.41. The van der Waals surface area contributed by atoms with Gasteiger partial charge >= 0.3 is 0 Å². The van der Waals surface area contributed by atoms with Crippen LogP contribution in [0.2, 0.25) is 0 Å². The van der Waals surface area contributed by atoms with Gasteiger partial charge in [-0.1, -0.05) is 13.3 Å². The molecular formula is C22H33N3O2. The van der Waals surface area contributed by atoms with Crippen molar-refractivity contribution in [1.82, 2.24) is 4.90 Å². The zero-order valence-corrected chi connectivity index (χ0v) is 17.1. The van der Waals surface area contributed by atoms with Gasteiger partial charge in [0.15, 0.2) is 0 Å². The molecule has 0 aromatic heterocycles. The van der Waals surface area contributed by atoms with Crippen LogP contribution in [0, 0.1) is 11.8 Å². The van der Waals surface area contributed by atoms with Gasteiger partial charge in [0.25, 0.3) is 0 Å². The molecule has 2 amide bonds. The third kappa shape index (κ3) is 4.63. The summed E-state index contributed by atoms with van der Waals surface area (Å²) in [5, 5.41) is 3.07. The lowest BCUT2D eigenvalue weighted by Crippen LogP contribution is -2.39. The first-order valence-electron chi connectivity index (χ1n) is 10.3. The van der Waals surface area contributed by atoms with Crippen LogP contribution in [-0.4, -0.2) is 36.9 Å². The van der Waals surface area contributed by atoms with E-state index in [1.54, 1.807) is 0 Å². The van der Waals surface area contributed by atoms with Crippen LogP contribution in [0.4, 0.5) is 11.4 Å². The molecule has 1 aromatic rings. The highest BCUT2D eigenvalue weighted by Crippen LogP contribution is 2.34. The third-order valence-electron chi connectivity index (χ3n) is 5.98. The number of anilines is 2. The predicted molar refractivity (Wildman–Crippen MR) is 110 cm³/mol. The summed E-state index contributed by atoms with van der Waals surface area (Å²) in [7, 11) is 4.03. The number of amides is 2. The SMILES string of the molecule is CC[C@H](C)N(Cc1cc(NC(=O)C2CCC2)ccc1N(C)C)C(=O)C1CC1. The van der Waals surface area contributed by atoms with Crippen molar-refractivity contribution in [2.24, 2.45) is 11.8 Å². The Bertz CT molecular complexity index is 693. The Kier molecular flexibility index (Phi) is 6.08. The van der Waals surface area contributed by atoms with E-state index in [2.05, 4.69) is 24.1 Å². The van der Waals surface area contributed by atoms with Gasteiger partial charge in [0.2, 0.25) is 11.8 Å². The molecule has 0 saturated heterocycles. The summed E-state index contributed by atoms with van der Waals surface area (Å²) in [6.07, 6.45) is 6.11. The van der Waals surface area contributed by atoms with E-state index in [-0.39, 0.29) is 29.7 Å². The lowest BCUT2D eigenvalue weighted by molar-refractivity contribution is -0.135. The lowest BCUT2D eigenvalue weighted by Gasteiger charge is -2.31. The zero-order chi connectivity index (χ0) is 19.6. The largest absolute Gasteiger partial charge is 0.377 e. The van der Waals surface area contributed by atoms with Crippen LogP contribution in [0.5, 0.6) is 0 Å². The molecule has 2 saturated carbocycles. The van der Waals surface area contributed by atoms with E-state index in [0.717, 1.165) is 55.5 Å². The molecule has 1 aromatic carbocycles. The normalized spacial score (nSPS) is 17.8. The second kappa shape index (κ2) is 8.32. The Labute approximate surface area is 163 Å². The summed E-state index contributed by atoms with van der Waals surface area (Å²) in [4.78, 5) is 29.3. The maximum absolute atomic E-state index is 12.8. The average molecular weight is 372 g/mol. The van der Waals surface area contributed by atoms with Crippen LogP contribution in [0.3, 0.4) is 0 Å². The maximum Gasteiger partial charge on any atom is 0.227 e. The van der Waals surface area contributed by atoms with Crippen LogP contribution >= 0.6 is 0 Å². The summed E-state index contributed by atoms with van der Waals surface area (Å²) in [5.74, 6) is 0.772. The molecule has 3 rings (SSSR count). The molecule has 0 aliphatic heterocycles. The minimum absolute atomic E-state index is 0.123. The van der Waals surface area contributed by atoms with Gasteiger partial charge in [-0.25, -0.2) is 0 Å². The molecule has 0 spiro atoms. The number of hydrogen-bond acceptors (Lipinski definition) is 3. The van der Waals surface area contributed by atoms with E-state index in [0.29, 0.717) is 6.54 Å². The maximum atomic E-state index is 12.8. The Morgan fingerprint density at radius 3 is 2.37 bits per heavy atom. The zero-order valence-electron chi connectivity index (χ0n) is 17.1. The first kappa shape index (κ1) is 19.7. The molecule has 5 heteroatoms. The number of hydrogen-bond donors (Lipinski definition) is 1. The number of carbonyl (C=O) groups is 2. The molecule has 2 fully saturated rings. The number of nitrogens with zero attached hydrogens (tertiary/aromatic N) is 2. The third-order valence-corrected chi connectivity index (χ3v) is 5.98. The van der Waals surface area contributed by atoms with Gasteiger partial charge in [0.1, 0.15) is 0 Å². The molecule has 0 unspecified atom stereocenters. The fourth-order valence-electron chi connectivity index (χ4n) is 3.56. The molecule has 2 aliphatic rings. The van der Waals surface area contributed by atoms with E-state index in [9.17, 15) is 9.59 Å². The summed E-state index contributed by atoms with van der Waals surface area (Å²) in [6, 6.07) is 6.26. The first-order valence-corrected chi connectivity index (χ1v) is 10.3. The molecule has 148 valence electrons. The van der Waals surface area contributed by atoms with Gasteiger partial charge in [0.05, 0.1) is 0 Å². The topological polar surface area (TPSA) is 52.7 Å². The highest BCUT2D eigenvalue weighted by molar-refractivity contribution is 5.93. The van der Waals surface area contributed by atoms with Crippen LogP contribution in [0.25, 0.3) is 0 Å². The smallest absolute Gasteiger partial charge is 0.227 e. The molecule has 5 nitrogen and oxygen atoms in total. The highest BCUT2D eigenvalue weighted by atomic mass is 16.2. The van der Waals surface area contributed by atoms with Gasteiger partial charge in [-0.05, 0) is 62.8 Å². The van der Waals surface area contributed by atoms with Crippen molar-refractivity contribution < 1.29 is 9.59 Å². The van der Waals surface area contributed by atoms with Crippen LogP contribution in [0.1, 0.15) is 57.9 Å². The first-order chi connectivity index (χ1) is 12.9. The number of nitrogens with one attached hydrogen (secondary N) is 1. The Hall–Kier alpha value is -2.04. The number of rotatable bonds is 8. The van der Waals surface area contributed by atoms with Crippen LogP contribution < -0.4 is 10.2 Å². The fourth-order valence-corrected chi connectivity index (χ4v) is 3.56. The van der Waals surface area contributed by atoms with Crippen molar-refractivity contribution in [3.63, 3.8) is 0 Å². The van der Waals surface area contributed by atoms with Gasteiger partial charge in [0, 0.05) is 49.9 Å². The molecule has 0 heterocycles. The molecule has 2 aliphatic carbocycles. The van der Waals surface area contributed by atoms with Gasteiger partial charge < -0.3 is 15.1 Å². The van der Waals surface area contributed by atoms with Crippen molar-refractivity contribution in [3.05, 3.63) is 23.8 Å². The molecular weight excluding hydrogens is 338 g/mol. The van der Waals surface area contributed by atoms with Crippen molar-refractivity contribution >= 4 is 23.2 Å². The Morgan fingerprint density at radius 2 is 1.85 bits per heavy atom. The summed E-state index contributed by atoms with van der Waals surface area (Å²) in [5.41, 5.74) is 3.00. The molecule has 0 radical (unpaired) electrons. The number of carbonyl (C=O) groups excluding carboxylic acids is 2. The summed E-state index contributed by atoms with van der Waals surface area (Å²) >= 11 is 0. The van der Waals surface area contributed by atoms with Crippen molar-refractivity contribution in [2.75, 3.05) is 24.3 Å². The summed E-state index contributed by atoms with van der Waals surface area (Å²) < 4.78 is 0. The second-order valence-electron chi connectivity index (χ2n) is 8.35. The van der Waals surface area contributed by atoms with E-state index in [4.69, 9.17) is 0 Å². The predicted octanol–water partition coefficient (Wildman–Crippen LogP) is 4.03. The second-order valence-corrected chi connectivity index (χ2v) is 8.35. The fraction of sp³-hybridized carbons (Fsp3) is 0.636. The minimum Gasteiger partial charge on any atom is -0.377 e. The van der Waals surface area contributed by atoms with E-state index < -0.39 is 0 Å². The molecule has 1 atom stereocenters. The molecule has 27 heavy (non-hydrogen) atoms. The molecule has 0 bridgehead atoms. The van der Waals surface area contributed by atoms with Crippen molar-refractivity contribution in [1.29, 1.82) is 0 Å². The van der Waals surface area contributed by atoms with Gasteiger partial charge in [-0.2, -0.15) is 0 Å². The van der Waals surface area contributed by atoms with E-state index in [1.807, 2.05) is 37.2 Å². The Morgan fingerprint density at radius 1 is 1.15 bits per heavy atom. The van der Waals surface area contributed by atoms with Crippen molar-refractivity contribution in [2.45, 2.75) is 65.0 Å². The number of benzene rings is 1. The van der Waals surface area contributed by atoms with E-state index >= 15 is 0 Å². The van der Waals surface area contributed by atoms with Crippen molar-refractivity contribution in [3.8, 4) is 0 Å². The standard InChI is InChI=1S/C22H33N3O2/c1-5-15(2)25(22(27)17-9-10-17)14-18-13-19(11-12-20(18)24(3)4)23-21(26)16-7-6-8-16/h11-13,15-17H,5-10,14H2,1-4H3,(H,23,26)/t15-/m0/s1. The highest BCUT2D eigenvalue weighted by Gasteiger charge is 2.35. The van der Waals surface area contributed by atoms with Gasteiger partial charge in [-0.15, -0.1) is 0 Å². The summed E-state index contributed by atoms with van der Waals surface area (Å²) in [6.45, 7) is 4.84. The Balaban J connectivity index is 1.82. The van der Waals surface area contributed by atoms with Crippen LogP contribution in [0.15, 0.2) is 18.2 Å². The quantitative estimate of drug-likeness (QED) is 0.751. The minimum atomic E-state index is 0.123. The molecule has 1 N–H and O–H groups in total.